The Hall–Kier alpha value is -2.67. The summed E-state index contributed by atoms with van der Waals surface area (Å²) in [5, 5.41) is 7.83. The van der Waals surface area contributed by atoms with E-state index in [4.69, 9.17) is 4.98 Å². The van der Waals surface area contributed by atoms with Gasteiger partial charge in [-0.2, -0.15) is 9.61 Å². The maximum atomic E-state index is 4.72. The van der Waals surface area contributed by atoms with E-state index in [0.29, 0.717) is 6.54 Å². The number of nitrogens with zero attached hydrogens (tertiary/aromatic N) is 5. The zero-order valence-electron chi connectivity index (χ0n) is 15.0. The standard InChI is InChI=1S/C17H15BrN6.C2H6/c1-23-11-19-8-13(23)9-20-16-7-15(12-5-3-2-4-6-12)22-17-14(18)10-21-24(16)17;1-2/h2-8,10-11,20H,9H2,1H3;1-2H3. The minimum absolute atomic E-state index is 0.654. The van der Waals surface area contributed by atoms with Crippen LogP contribution in [0.15, 0.2) is 59.6 Å². The number of hydrogen-bond acceptors (Lipinski definition) is 4. The number of imidazole rings is 1. The number of aryl methyl sites for hydroxylation is 1. The van der Waals surface area contributed by atoms with Gasteiger partial charge in [0.25, 0.3) is 0 Å². The fourth-order valence-corrected chi connectivity index (χ4v) is 2.90. The zero-order valence-corrected chi connectivity index (χ0v) is 16.6. The normalized spacial score (nSPS) is 10.5. The molecule has 0 fully saturated rings. The van der Waals surface area contributed by atoms with Crippen LogP contribution in [0.3, 0.4) is 0 Å². The minimum atomic E-state index is 0.654. The molecule has 1 aromatic carbocycles. The number of halogens is 1. The quantitative estimate of drug-likeness (QED) is 0.534. The van der Waals surface area contributed by atoms with Gasteiger partial charge in [0.15, 0.2) is 5.65 Å². The fourth-order valence-electron chi connectivity index (χ4n) is 2.55. The van der Waals surface area contributed by atoms with Crippen molar-refractivity contribution in [3.63, 3.8) is 0 Å². The Balaban J connectivity index is 0.000000948. The molecule has 3 heterocycles. The topological polar surface area (TPSA) is 60.0 Å². The molecular formula is C19H21BrN6. The first kappa shape index (κ1) is 18.1. The molecule has 3 aromatic heterocycles. The third-order valence-electron chi connectivity index (χ3n) is 3.87. The van der Waals surface area contributed by atoms with Crippen molar-refractivity contribution in [2.75, 3.05) is 5.32 Å². The lowest BCUT2D eigenvalue weighted by Crippen LogP contribution is -2.09. The van der Waals surface area contributed by atoms with Gasteiger partial charge in [0.2, 0.25) is 0 Å². The van der Waals surface area contributed by atoms with Crippen LogP contribution in [0.25, 0.3) is 16.9 Å². The van der Waals surface area contributed by atoms with E-state index >= 15 is 0 Å². The van der Waals surface area contributed by atoms with E-state index in [9.17, 15) is 0 Å². The monoisotopic (exact) mass is 412 g/mol. The number of hydrogen-bond donors (Lipinski definition) is 1. The highest BCUT2D eigenvalue weighted by molar-refractivity contribution is 9.10. The third kappa shape index (κ3) is 3.62. The summed E-state index contributed by atoms with van der Waals surface area (Å²) in [7, 11) is 1.98. The molecule has 26 heavy (non-hydrogen) atoms. The van der Waals surface area contributed by atoms with Crippen molar-refractivity contribution in [2.45, 2.75) is 20.4 Å². The molecule has 4 aromatic rings. The van der Waals surface area contributed by atoms with Crippen LogP contribution in [-0.2, 0) is 13.6 Å². The van der Waals surface area contributed by atoms with E-state index in [0.717, 1.165) is 32.9 Å². The Morgan fingerprint density at radius 3 is 2.58 bits per heavy atom. The van der Waals surface area contributed by atoms with E-state index in [1.165, 1.54) is 0 Å². The molecule has 0 amide bonds. The van der Waals surface area contributed by atoms with Crippen LogP contribution in [0.2, 0.25) is 0 Å². The molecule has 1 N–H and O–H groups in total. The van der Waals surface area contributed by atoms with E-state index in [-0.39, 0.29) is 0 Å². The predicted octanol–water partition coefficient (Wildman–Crippen LogP) is 4.53. The summed E-state index contributed by atoms with van der Waals surface area (Å²) in [5.74, 6) is 0.880. The molecule has 4 rings (SSSR count). The summed E-state index contributed by atoms with van der Waals surface area (Å²) in [6.45, 7) is 4.65. The van der Waals surface area contributed by atoms with Crippen LogP contribution in [-0.4, -0.2) is 24.1 Å². The molecule has 0 unspecified atom stereocenters. The lowest BCUT2D eigenvalue weighted by atomic mass is 10.1. The number of aromatic nitrogens is 5. The van der Waals surface area contributed by atoms with E-state index in [1.807, 2.05) is 68.1 Å². The Bertz CT molecular complexity index is 990. The van der Waals surface area contributed by atoms with Gasteiger partial charge in [-0.25, -0.2) is 9.97 Å². The Morgan fingerprint density at radius 2 is 1.88 bits per heavy atom. The SMILES string of the molecule is CC.Cn1cncc1CNc1cc(-c2ccccc2)nc2c(Br)cnn12. The maximum Gasteiger partial charge on any atom is 0.172 e. The number of benzene rings is 1. The van der Waals surface area contributed by atoms with Crippen LogP contribution in [0.4, 0.5) is 5.82 Å². The van der Waals surface area contributed by atoms with Gasteiger partial charge in [-0.1, -0.05) is 44.2 Å². The van der Waals surface area contributed by atoms with E-state index in [2.05, 4.69) is 31.3 Å². The van der Waals surface area contributed by atoms with Gasteiger partial charge in [-0.15, -0.1) is 0 Å². The van der Waals surface area contributed by atoms with Crippen molar-refractivity contribution < 1.29 is 0 Å². The summed E-state index contributed by atoms with van der Waals surface area (Å²) in [4.78, 5) is 8.87. The second kappa shape index (κ2) is 8.14. The van der Waals surface area contributed by atoms with Crippen LogP contribution in [0.1, 0.15) is 19.5 Å². The van der Waals surface area contributed by atoms with Gasteiger partial charge in [-0.05, 0) is 15.9 Å². The molecule has 0 atom stereocenters. The van der Waals surface area contributed by atoms with E-state index in [1.54, 1.807) is 17.0 Å². The molecular weight excluding hydrogens is 392 g/mol. The second-order valence-electron chi connectivity index (χ2n) is 5.47. The van der Waals surface area contributed by atoms with Crippen molar-refractivity contribution in [3.05, 3.63) is 65.3 Å². The molecule has 0 saturated carbocycles. The summed E-state index contributed by atoms with van der Waals surface area (Å²) >= 11 is 3.52. The number of rotatable bonds is 4. The second-order valence-corrected chi connectivity index (χ2v) is 6.32. The van der Waals surface area contributed by atoms with Gasteiger partial charge >= 0.3 is 0 Å². The average molecular weight is 413 g/mol. The lowest BCUT2D eigenvalue weighted by Gasteiger charge is -2.11. The van der Waals surface area contributed by atoms with Crippen molar-refractivity contribution in [1.29, 1.82) is 0 Å². The van der Waals surface area contributed by atoms with Crippen LogP contribution in [0, 0.1) is 0 Å². The first-order valence-corrected chi connectivity index (χ1v) is 9.30. The minimum Gasteiger partial charge on any atom is -0.364 e. The van der Waals surface area contributed by atoms with Crippen molar-refractivity contribution in [1.82, 2.24) is 24.1 Å². The van der Waals surface area contributed by atoms with Crippen molar-refractivity contribution in [3.8, 4) is 11.3 Å². The molecule has 134 valence electrons. The molecule has 6 nitrogen and oxygen atoms in total. The van der Waals surface area contributed by atoms with Gasteiger partial charge in [0, 0.05) is 24.9 Å². The van der Waals surface area contributed by atoms with Crippen molar-refractivity contribution >= 4 is 27.4 Å². The van der Waals surface area contributed by atoms with Crippen molar-refractivity contribution in [2.24, 2.45) is 7.05 Å². The molecule has 0 aliphatic heterocycles. The number of anilines is 1. The smallest absolute Gasteiger partial charge is 0.172 e. The first-order valence-electron chi connectivity index (χ1n) is 8.51. The summed E-state index contributed by atoms with van der Waals surface area (Å²) in [6.07, 6.45) is 5.40. The zero-order chi connectivity index (χ0) is 18.5. The summed E-state index contributed by atoms with van der Waals surface area (Å²) in [5.41, 5.74) is 3.84. The summed E-state index contributed by atoms with van der Waals surface area (Å²) in [6, 6.07) is 12.1. The van der Waals surface area contributed by atoms with Crippen LogP contribution >= 0.6 is 15.9 Å². The molecule has 0 aliphatic rings. The Kier molecular flexibility index (Phi) is 5.68. The highest BCUT2D eigenvalue weighted by atomic mass is 79.9. The van der Waals surface area contributed by atoms with Gasteiger partial charge in [0.05, 0.1) is 34.9 Å². The number of fused-ring (bicyclic) bond motifs is 1. The van der Waals surface area contributed by atoms with Gasteiger partial charge in [0.1, 0.15) is 5.82 Å². The lowest BCUT2D eigenvalue weighted by molar-refractivity contribution is 0.828. The third-order valence-corrected chi connectivity index (χ3v) is 4.42. The highest BCUT2D eigenvalue weighted by Crippen LogP contribution is 2.26. The summed E-state index contributed by atoms with van der Waals surface area (Å²) < 4.78 is 4.65. The van der Waals surface area contributed by atoms with Crippen LogP contribution < -0.4 is 5.32 Å². The average Bonchev–Trinajstić information content (AvgIpc) is 3.28. The van der Waals surface area contributed by atoms with E-state index < -0.39 is 0 Å². The molecule has 0 radical (unpaired) electrons. The fraction of sp³-hybridized carbons (Fsp3) is 0.211. The maximum absolute atomic E-state index is 4.72. The molecule has 0 bridgehead atoms. The van der Waals surface area contributed by atoms with Crippen LogP contribution in [0.5, 0.6) is 0 Å². The molecule has 0 spiro atoms. The largest absolute Gasteiger partial charge is 0.364 e. The van der Waals surface area contributed by atoms with Gasteiger partial charge in [-0.3, -0.25) is 0 Å². The molecule has 0 saturated heterocycles. The molecule has 0 aliphatic carbocycles. The van der Waals surface area contributed by atoms with Gasteiger partial charge < -0.3 is 9.88 Å². The first-order chi connectivity index (χ1) is 12.7. The highest BCUT2D eigenvalue weighted by Gasteiger charge is 2.11. The Labute approximate surface area is 161 Å². The molecule has 7 heteroatoms. The Morgan fingerprint density at radius 1 is 1.12 bits per heavy atom. The number of nitrogens with one attached hydrogen (secondary N) is 1. The predicted molar refractivity (Wildman–Crippen MR) is 108 cm³/mol.